The molecule has 9 unspecified atom stereocenters. The van der Waals surface area contributed by atoms with Crippen LogP contribution in [-0.4, -0.2) is 58.9 Å². The molecule has 44 heavy (non-hydrogen) atoms. The molecule has 6 rings (SSSR count). The van der Waals surface area contributed by atoms with E-state index in [4.69, 9.17) is 20.8 Å². The summed E-state index contributed by atoms with van der Waals surface area (Å²) >= 11 is 6.01. The number of benzene rings is 1. The van der Waals surface area contributed by atoms with E-state index in [1.165, 1.54) is 37.5 Å². The van der Waals surface area contributed by atoms with Gasteiger partial charge in [-0.15, -0.1) is 0 Å². The van der Waals surface area contributed by atoms with Crippen molar-refractivity contribution in [3.05, 3.63) is 77.2 Å². The maximum Gasteiger partial charge on any atom is 0.374 e. The average Bonchev–Trinajstić information content (AvgIpc) is 3.61. The maximum absolute atomic E-state index is 17.6. The van der Waals surface area contributed by atoms with E-state index in [-0.39, 0.29) is 37.1 Å². The number of esters is 1. The summed E-state index contributed by atoms with van der Waals surface area (Å²) in [5, 5.41) is 24.2. The van der Waals surface area contributed by atoms with Gasteiger partial charge in [0.25, 0.3) is 0 Å². The molecule has 0 bridgehead atoms. The SMILES string of the molecule is CC12CC(O)C3(F)C(CC(F)C4=CC(=O)C=CC43C)C1CC(CN(O)c1ccc(Cl)cc1)C2C(=O)COC(=O)c1ccco1. The number of fused-ring (bicyclic) bond motifs is 5. The maximum atomic E-state index is 17.6. The van der Waals surface area contributed by atoms with Gasteiger partial charge in [-0.25, -0.2) is 13.6 Å². The highest BCUT2D eigenvalue weighted by Gasteiger charge is 2.73. The van der Waals surface area contributed by atoms with Gasteiger partial charge >= 0.3 is 5.97 Å². The third-order valence-electron chi connectivity index (χ3n) is 10.7. The fraction of sp³-hybridized carbons (Fsp3) is 0.485. The molecule has 4 aliphatic carbocycles. The minimum Gasteiger partial charge on any atom is -0.457 e. The predicted octanol–water partition coefficient (Wildman–Crippen LogP) is 5.72. The van der Waals surface area contributed by atoms with Crippen LogP contribution in [0.15, 0.2) is 70.9 Å². The lowest BCUT2D eigenvalue weighted by atomic mass is 9.45. The normalized spacial score (nSPS) is 37.4. The number of aliphatic hydroxyl groups is 1. The number of hydrogen-bond donors (Lipinski definition) is 2. The molecular weight excluding hydrogens is 596 g/mol. The van der Waals surface area contributed by atoms with Crippen molar-refractivity contribution in [2.45, 2.75) is 51.1 Å². The molecule has 0 spiro atoms. The van der Waals surface area contributed by atoms with Crippen LogP contribution in [0.5, 0.6) is 0 Å². The van der Waals surface area contributed by atoms with Crippen molar-refractivity contribution in [1.82, 2.24) is 0 Å². The van der Waals surface area contributed by atoms with Gasteiger partial charge in [0.05, 0.1) is 18.1 Å². The zero-order chi connectivity index (χ0) is 31.6. The topological polar surface area (TPSA) is 117 Å². The number of aliphatic hydroxyl groups excluding tert-OH is 1. The number of ketones is 2. The van der Waals surface area contributed by atoms with Crippen molar-refractivity contribution in [2.24, 2.45) is 34.5 Å². The van der Waals surface area contributed by atoms with Crippen molar-refractivity contribution >= 4 is 34.8 Å². The average molecular weight is 630 g/mol. The molecule has 0 amide bonds. The number of ether oxygens (including phenoxy) is 1. The van der Waals surface area contributed by atoms with Crippen LogP contribution in [0.2, 0.25) is 5.02 Å². The van der Waals surface area contributed by atoms with E-state index >= 15 is 8.78 Å². The van der Waals surface area contributed by atoms with Gasteiger partial charge in [-0.2, -0.15) is 0 Å². The van der Waals surface area contributed by atoms with Crippen molar-refractivity contribution in [3.8, 4) is 0 Å². The number of anilines is 1. The van der Waals surface area contributed by atoms with Gasteiger partial charge in [0.2, 0.25) is 5.76 Å². The molecule has 3 fully saturated rings. The Morgan fingerprint density at radius 3 is 2.57 bits per heavy atom. The number of halogens is 3. The second kappa shape index (κ2) is 10.9. The first-order valence-electron chi connectivity index (χ1n) is 14.7. The number of Topliss-reactive ketones (excluding diaryl/α,β-unsaturated/α-hetero) is 1. The Morgan fingerprint density at radius 1 is 1.16 bits per heavy atom. The van der Waals surface area contributed by atoms with E-state index < -0.39 is 76.6 Å². The van der Waals surface area contributed by atoms with Crippen molar-refractivity contribution in [2.75, 3.05) is 18.2 Å². The van der Waals surface area contributed by atoms with Gasteiger partial charge in [-0.1, -0.05) is 24.6 Å². The Hall–Kier alpha value is -3.34. The number of carbonyl (C=O) groups is 3. The molecule has 2 N–H and O–H groups in total. The van der Waals surface area contributed by atoms with Gasteiger partial charge in [-0.05, 0) is 97.6 Å². The van der Waals surface area contributed by atoms with Gasteiger partial charge in [-0.3, -0.25) is 19.9 Å². The third kappa shape index (κ3) is 4.64. The molecule has 1 heterocycles. The van der Waals surface area contributed by atoms with Gasteiger partial charge < -0.3 is 14.3 Å². The van der Waals surface area contributed by atoms with E-state index in [9.17, 15) is 24.7 Å². The second-order valence-corrected chi connectivity index (χ2v) is 13.4. The summed E-state index contributed by atoms with van der Waals surface area (Å²) in [5.74, 6) is -4.79. The molecule has 4 aliphatic rings. The van der Waals surface area contributed by atoms with Crippen LogP contribution < -0.4 is 5.06 Å². The van der Waals surface area contributed by atoms with Crippen LogP contribution in [0.3, 0.4) is 0 Å². The summed E-state index contributed by atoms with van der Waals surface area (Å²) in [4.78, 5) is 38.6. The van der Waals surface area contributed by atoms with Crippen molar-refractivity contribution in [3.63, 3.8) is 0 Å². The molecule has 3 saturated carbocycles. The van der Waals surface area contributed by atoms with Gasteiger partial charge in [0.15, 0.2) is 23.8 Å². The molecule has 9 atom stereocenters. The summed E-state index contributed by atoms with van der Waals surface area (Å²) in [5.41, 5.74) is -4.46. The summed E-state index contributed by atoms with van der Waals surface area (Å²) in [6, 6.07) is 9.37. The molecule has 1 aromatic heterocycles. The molecule has 8 nitrogen and oxygen atoms in total. The number of alkyl halides is 2. The smallest absolute Gasteiger partial charge is 0.374 e. The standard InChI is InChI=1S/C33H34ClF2NO7/c1-31-15-28(40)33(36)23(14-25(35)24-13-21(38)9-10-32(24,33)2)22(31)12-18(16-37(42)20-7-5-19(34)6-8-20)29(31)26(39)17-44-30(41)27-4-3-11-43-27/h3-11,13,18,22-23,25,28-29,40,42H,12,14-17H2,1-2H3. The highest BCUT2D eigenvalue weighted by Crippen LogP contribution is 2.70. The van der Waals surface area contributed by atoms with Crippen LogP contribution in [0, 0.1) is 34.5 Å². The third-order valence-corrected chi connectivity index (χ3v) is 11.0. The number of furan rings is 1. The van der Waals surface area contributed by atoms with Crippen LogP contribution in [0.25, 0.3) is 0 Å². The minimum atomic E-state index is -2.31. The van der Waals surface area contributed by atoms with E-state index in [2.05, 4.69) is 0 Å². The lowest BCUT2D eigenvalue weighted by molar-refractivity contribution is -0.202. The van der Waals surface area contributed by atoms with Crippen LogP contribution in [0.4, 0.5) is 14.5 Å². The molecule has 1 aromatic carbocycles. The predicted molar refractivity (Wildman–Crippen MR) is 156 cm³/mol. The number of rotatable bonds is 7. The molecule has 234 valence electrons. The number of carbonyl (C=O) groups excluding carboxylic acids is 3. The molecule has 0 aliphatic heterocycles. The van der Waals surface area contributed by atoms with Crippen LogP contribution >= 0.6 is 11.6 Å². The fourth-order valence-electron chi connectivity index (χ4n) is 8.83. The Kier molecular flexibility index (Phi) is 7.62. The number of allylic oxidation sites excluding steroid dienone is 4. The lowest BCUT2D eigenvalue weighted by Crippen LogP contribution is -2.68. The monoisotopic (exact) mass is 629 g/mol. The van der Waals surface area contributed by atoms with E-state index in [0.717, 1.165) is 11.1 Å². The molecular formula is C33H34ClF2NO7. The van der Waals surface area contributed by atoms with Crippen molar-refractivity contribution < 1.29 is 42.6 Å². The molecule has 0 radical (unpaired) electrons. The van der Waals surface area contributed by atoms with E-state index in [1.54, 1.807) is 31.2 Å². The first-order valence-corrected chi connectivity index (χ1v) is 15.1. The van der Waals surface area contributed by atoms with Crippen LogP contribution in [0.1, 0.15) is 43.7 Å². The highest BCUT2D eigenvalue weighted by atomic mass is 35.5. The zero-order valence-corrected chi connectivity index (χ0v) is 25.0. The number of hydrogen-bond acceptors (Lipinski definition) is 8. The fourth-order valence-corrected chi connectivity index (χ4v) is 8.96. The van der Waals surface area contributed by atoms with E-state index in [1.807, 2.05) is 0 Å². The van der Waals surface area contributed by atoms with Gasteiger partial charge in [0.1, 0.15) is 6.17 Å². The van der Waals surface area contributed by atoms with Crippen LogP contribution in [-0.2, 0) is 14.3 Å². The molecule has 11 heteroatoms. The van der Waals surface area contributed by atoms with Gasteiger partial charge in [0, 0.05) is 28.8 Å². The summed E-state index contributed by atoms with van der Waals surface area (Å²) in [6.07, 6.45) is 1.66. The second-order valence-electron chi connectivity index (χ2n) is 13.0. The molecule has 2 aromatic rings. The number of nitrogens with zero attached hydrogens (tertiary/aromatic N) is 1. The Bertz CT molecular complexity index is 1530. The number of hydroxylamine groups is 1. The lowest BCUT2D eigenvalue weighted by Gasteiger charge is -2.62. The first kappa shape index (κ1) is 30.7. The van der Waals surface area contributed by atoms with E-state index in [0.29, 0.717) is 10.7 Å². The Balaban J connectivity index is 1.35. The molecule has 0 saturated heterocycles. The summed E-state index contributed by atoms with van der Waals surface area (Å²) < 4.78 is 43.8. The summed E-state index contributed by atoms with van der Waals surface area (Å²) in [7, 11) is 0. The quantitative estimate of drug-likeness (QED) is 0.295. The largest absolute Gasteiger partial charge is 0.457 e. The summed E-state index contributed by atoms with van der Waals surface area (Å²) in [6.45, 7) is 2.68. The highest BCUT2D eigenvalue weighted by molar-refractivity contribution is 6.30. The Morgan fingerprint density at radius 2 is 1.89 bits per heavy atom. The Labute approximate surface area is 258 Å². The zero-order valence-electron chi connectivity index (χ0n) is 24.3. The first-order chi connectivity index (χ1) is 20.8. The minimum absolute atomic E-state index is 0.0164. The van der Waals surface area contributed by atoms with Crippen molar-refractivity contribution in [1.29, 1.82) is 0 Å².